The van der Waals surface area contributed by atoms with Crippen LogP contribution in [0.25, 0.3) is 0 Å². The molecule has 4 heteroatoms. The zero-order valence-electron chi connectivity index (χ0n) is 11.0. The van der Waals surface area contributed by atoms with Gasteiger partial charge in [-0.2, -0.15) is 5.06 Å². The Bertz CT molecular complexity index is 470. The van der Waals surface area contributed by atoms with Gasteiger partial charge in [0, 0.05) is 5.41 Å². The molecule has 4 atom stereocenters. The molecule has 1 saturated heterocycles. The fourth-order valence-corrected chi connectivity index (χ4v) is 4.22. The van der Waals surface area contributed by atoms with Gasteiger partial charge in [0.25, 0.3) is 11.8 Å². The lowest BCUT2D eigenvalue weighted by molar-refractivity contribution is -0.173. The summed E-state index contributed by atoms with van der Waals surface area (Å²) in [6.07, 6.45) is 6.07. The molecule has 2 amide bonds. The summed E-state index contributed by atoms with van der Waals surface area (Å²) in [5.74, 6) is -1.29. The van der Waals surface area contributed by atoms with E-state index in [0.29, 0.717) is 5.06 Å². The largest absolute Gasteiger partial charge is 0.278 e. The molecule has 1 heterocycles. The molecule has 2 fully saturated rings. The second-order valence-corrected chi connectivity index (χ2v) is 6.55. The molecule has 0 aromatic rings. The highest BCUT2D eigenvalue weighted by atomic mass is 16.5. The van der Waals surface area contributed by atoms with Gasteiger partial charge < -0.3 is 0 Å². The highest BCUT2D eigenvalue weighted by Gasteiger charge is 2.67. The molecule has 98 valence electrons. The summed E-state index contributed by atoms with van der Waals surface area (Å²) in [5, 5.41) is 10.0. The zero-order chi connectivity index (χ0) is 13.3. The number of allylic oxidation sites excluding steroid dienone is 2. The van der Waals surface area contributed by atoms with Gasteiger partial charge in [-0.1, -0.05) is 32.9 Å². The Hall–Kier alpha value is -1.16. The first-order valence-electron chi connectivity index (χ1n) is 6.60. The first kappa shape index (κ1) is 11.9. The van der Waals surface area contributed by atoms with Crippen molar-refractivity contribution in [2.24, 2.45) is 28.6 Å². The van der Waals surface area contributed by atoms with Crippen LogP contribution in [0.2, 0.25) is 0 Å². The van der Waals surface area contributed by atoms with Crippen molar-refractivity contribution in [1.82, 2.24) is 5.06 Å². The highest BCUT2D eigenvalue weighted by Crippen LogP contribution is 2.63. The van der Waals surface area contributed by atoms with E-state index in [1.54, 1.807) is 0 Å². The molecule has 4 nitrogen and oxygen atoms in total. The second kappa shape index (κ2) is 3.23. The lowest BCUT2D eigenvalue weighted by Gasteiger charge is -2.55. The Kier molecular flexibility index (Phi) is 2.14. The van der Waals surface area contributed by atoms with Crippen molar-refractivity contribution in [2.45, 2.75) is 33.6 Å². The van der Waals surface area contributed by atoms with Crippen molar-refractivity contribution in [3.63, 3.8) is 0 Å². The first-order chi connectivity index (χ1) is 8.33. The summed E-state index contributed by atoms with van der Waals surface area (Å²) >= 11 is 0. The van der Waals surface area contributed by atoms with E-state index in [4.69, 9.17) is 0 Å². The van der Waals surface area contributed by atoms with Crippen LogP contribution in [0.4, 0.5) is 0 Å². The SMILES string of the molecule is CC(C)[C@@]12C=C[C@@](C)(CC1)[C@@H]1C(=O)N(O)C(=O)[C@@H]12. The van der Waals surface area contributed by atoms with E-state index in [2.05, 4.69) is 26.0 Å². The van der Waals surface area contributed by atoms with E-state index in [0.717, 1.165) is 12.8 Å². The standard InChI is InChI=1S/C14H19NO3/c1-8(2)14-6-4-13(3,5-7-14)9-10(14)12(17)15(18)11(9)16/h4,6,8-10,18H,5,7H2,1-3H3/t9-,10+,13-,14+/m0/s1. The average molecular weight is 249 g/mol. The van der Waals surface area contributed by atoms with Gasteiger partial charge in [0.1, 0.15) is 0 Å². The fraction of sp³-hybridized carbons (Fsp3) is 0.714. The summed E-state index contributed by atoms with van der Waals surface area (Å²) in [7, 11) is 0. The molecule has 2 bridgehead atoms. The number of hydrogen-bond donors (Lipinski definition) is 1. The van der Waals surface area contributed by atoms with Crippen LogP contribution in [0, 0.1) is 28.6 Å². The van der Waals surface area contributed by atoms with E-state index in [1.165, 1.54) is 0 Å². The predicted octanol–water partition coefficient (Wildman–Crippen LogP) is 1.99. The quantitative estimate of drug-likeness (QED) is 0.439. The van der Waals surface area contributed by atoms with E-state index in [9.17, 15) is 14.8 Å². The van der Waals surface area contributed by atoms with Gasteiger partial charge in [0.2, 0.25) is 0 Å². The van der Waals surface area contributed by atoms with Crippen LogP contribution < -0.4 is 0 Å². The van der Waals surface area contributed by atoms with Crippen LogP contribution in [0.5, 0.6) is 0 Å². The predicted molar refractivity (Wildman–Crippen MR) is 64.4 cm³/mol. The number of imide groups is 1. The number of hydroxylamine groups is 2. The number of carbonyl (C=O) groups is 2. The van der Waals surface area contributed by atoms with Crippen LogP contribution in [-0.2, 0) is 9.59 Å². The summed E-state index contributed by atoms with van der Waals surface area (Å²) in [5.41, 5.74) is -0.530. The van der Waals surface area contributed by atoms with Gasteiger partial charge >= 0.3 is 0 Å². The summed E-state index contributed by atoms with van der Waals surface area (Å²) in [6.45, 7) is 6.20. The number of nitrogens with zero attached hydrogens (tertiary/aromatic N) is 1. The average Bonchev–Trinajstić information content (AvgIpc) is 2.57. The number of hydrogen-bond acceptors (Lipinski definition) is 3. The molecular weight excluding hydrogens is 230 g/mol. The highest BCUT2D eigenvalue weighted by molar-refractivity contribution is 6.05. The third kappa shape index (κ3) is 1.10. The van der Waals surface area contributed by atoms with Gasteiger partial charge in [-0.15, -0.1) is 0 Å². The topological polar surface area (TPSA) is 57.6 Å². The van der Waals surface area contributed by atoms with Crippen molar-refractivity contribution in [3.8, 4) is 0 Å². The Balaban J connectivity index is 2.19. The van der Waals surface area contributed by atoms with Gasteiger partial charge in [-0.25, -0.2) is 0 Å². The molecule has 0 radical (unpaired) electrons. The molecule has 4 aliphatic rings. The monoisotopic (exact) mass is 249 g/mol. The van der Waals surface area contributed by atoms with Crippen LogP contribution >= 0.6 is 0 Å². The van der Waals surface area contributed by atoms with Gasteiger partial charge in [0.15, 0.2) is 0 Å². The zero-order valence-corrected chi connectivity index (χ0v) is 11.0. The smallest absolute Gasteiger partial charge is 0.258 e. The van der Waals surface area contributed by atoms with Gasteiger partial charge in [-0.05, 0) is 24.2 Å². The van der Waals surface area contributed by atoms with Crippen molar-refractivity contribution < 1.29 is 14.8 Å². The summed E-state index contributed by atoms with van der Waals surface area (Å²) < 4.78 is 0. The van der Waals surface area contributed by atoms with Gasteiger partial charge in [-0.3, -0.25) is 14.8 Å². The molecule has 1 aliphatic heterocycles. The number of amides is 2. The molecule has 0 unspecified atom stereocenters. The van der Waals surface area contributed by atoms with Crippen molar-refractivity contribution in [2.75, 3.05) is 0 Å². The second-order valence-electron chi connectivity index (χ2n) is 6.55. The number of fused-ring (bicyclic) bond motifs is 1. The summed E-state index contributed by atoms with van der Waals surface area (Å²) in [4.78, 5) is 24.3. The fourth-order valence-electron chi connectivity index (χ4n) is 4.22. The van der Waals surface area contributed by atoms with E-state index in [1.807, 2.05) is 6.92 Å². The Morgan fingerprint density at radius 3 is 2.33 bits per heavy atom. The van der Waals surface area contributed by atoms with Crippen LogP contribution in [0.15, 0.2) is 12.2 Å². The Labute approximate surface area is 107 Å². The van der Waals surface area contributed by atoms with Crippen molar-refractivity contribution in [1.29, 1.82) is 0 Å². The normalized spacial score (nSPS) is 46.2. The minimum absolute atomic E-state index is 0.257. The van der Waals surface area contributed by atoms with E-state index >= 15 is 0 Å². The molecule has 3 aliphatic carbocycles. The van der Waals surface area contributed by atoms with Crippen molar-refractivity contribution in [3.05, 3.63) is 12.2 Å². The molecular formula is C14H19NO3. The molecule has 0 aromatic heterocycles. The number of rotatable bonds is 1. The van der Waals surface area contributed by atoms with Crippen molar-refractivity contribution >= 4 is 11.8 Å². The Morgan fingerprint density at radius 1 is 1.22 bits per heavy atom. The third-order valence-electron chi connectivity index (χ3n) is 5.52. The molecule has 18 heavy (non-hydrogen) atoms. The van der Waals surface area contributed by atoms with E-state index < -0.39 is 11.8 Å². The Morgan fingerprint density at radius 2 is 1.83 bits per heavy atom. The molecule has 0 spiro atoms. The minimum atomic E-state index is -0.415. The molecule has 1 N–H and O–H groups in total. The maximum Gasteiger partial charge on any atom is 0.258 e. The summed E-state index contributed by atoms with van der Waals surface area (Å²) in [6, 6.07) is 0. The van der Waals surface area contributed by atoms with Crippen LogP contribution in [0.1, 0.15) is 33.6 Å². The van der Waals surface area contributed by atoms with Crippen LogP contribution in [-0.4, -0.2) is 22.1 Å². The van der Waals surface area contributed by atoms with Crippen LogP contribution in [0.3, 0.4) is 0 Å². The van der Waals surface area contributed by atoms with Gasteiger partial charge in [0.05, 0.1) is 11.8 Å². The third-order valence-corrected chi connectivity index (χ3v) is 5.52. The van der Waals surface area contributed by atoms with E-state index in [-0.39, 0.29) is 28.6 Å². The molecule has 1 saturated carbocycles. The maximum atomic E-state index is 12.2. The minimum Gasteiger partial charge on any atom is -0.278 e. The maximum absolute atomic E-state index is 12.2. The first-order valence-corrected chi connectivity index (χ1v) is 6.60. The lowest BCUT2D eigenvalue weighted by Crippen LogP contribution is -2.53. The lowest BCUT2D eigenvalue weighted by atomic mass is 9.46. The molecule has 0 aromatic carbocycles. The molecule has 4 rings (SSSR count). The number of carbonyl (C=O) groups excluding carboxylic acids is 2.